The molecular formula is C10H20N6OS. The number of anilines is 1. The molecule has 18 heavy (non-hydrogen) atoms. The molecule has 0 aliphatic rings. The van der Waals surface area contributed by atoms with E-state index in [0.717, 1.165) is 23.7 Å². The standard InChI is InChI=1S/C10H20N6OS/c1-4-5-16(7-9(17)15(2)3)6-8-10(12-11)18-14-13-8/h12H,4-7,11H2,1-3H3. The van der Waals surface area contributed by atoms with Crippen molar-refractivity contribution in [1.82, 2.24) is 19.4 Å². The first kappa shape index (κ1) is 14.8. The maximum absolute atomic E-state index is 11.7. The van der Waals surface area contributed by atoms with Crippen molar-refractivity contribution >= 4 is 22.4 Å². The van der Waals surface area contributed by atoms with E-state index in [-0.39, 0.29) is 5.91 Å². The van der Waals surface area contributed by atoms with Crippen LogP contribution in [0.25, 0.3) is 0 Å². The summed E-state index contributed by atoms with van der Waals surface area (Å²) in [6, 6.07) is 0. The number of aromatic nitrogens is 2. The number of carbonyl (C=O) groups is 1. The number of rotatable bonds is 7. The third kappa shape index (κ3) is 4.21. The van der Waals surface area contributed by atoms with Crippen LogP contribution in [0.15, 0.2) is 0 Å². The number of nitrogens with zero attached hydrogens (tertiary/aromatic N) is 4. The van der Waals surface area contributed by atoms with Gasteiger partial charge in [0.25, 0.3) is 0 Å². The summed E-state index contributed by atoms with van der Waals surface area (Å²) in [7, 11) is 3.51. The molecule has 0 saturated heterocycles. The van der Waals surface area contributed by atoms with Crippen molar-refractivity contribution in [3.8, 4) is 0 Å². The molecule has 0 fully saturated rings. The van der Waals surface area contributed by atoms with E-state index in [2.05, 4.69) is 21.9 Å². The highest BCUT2D eigenvalue weighted by Gasteiger charge is 2.15. The highest BCUT2D eigenvalue weighted by molar-refractivity contribution is 7.10. The largest absolute Gasteiger partial charge is 0.348 e. The second-order valence-corrected chi connectivity index (χ2v) is 4.95. The smallest absolute Gasteiger partial charge is 0.236 e. The van der Waals surface area contributed by atoms with Gasteiger partial charge >= 0.3 is 0 Å². The zero-order valence-electron chi connectivity index (χ0n) is 11.0. The lowest BCUT2D eigenvalue weighted by atomic mass is 10.3. The summed E-state index contributed by atoms with van der Waals surface area (Å²) < 4.78 is 3.85. The number of hydrogen-bond donors (Lipinski definition) is 2. The Kier molecular flexibility index (Phi) is 5.96. The van der Waals surface area contributed by atoms with Crippen LogP contribution in [-0.4, -0.2) is 52.5 Å². The van der Waals surface area contributed by atoms with E-state index in [1.807, 2.05) is 4.90 Å². The summed E-state index contributed by atoms with van der Waals surface area (Å²) in [5, 5.41) is 4.76. The van der Waals surface area contributed by atoms with E-state index >= 15 is 0 Å². The molecule has 0 saturated carbocycles. The minimum atomic E-state index is 0.0777. The van der Waals surface area contributed by atoms with Crippen molar-refractivity contribution in [3.05, 3.63) is 5.69 Å². The van der Waals surface area contributed by atoms with Crippen LogP contribution in [0, 0.1) is 0 Å². The average Bonchev–Trinajstić information content (AvgIpc) is 2.76. The molecule has 1 aromatic heterocycles. The van der Waals surface area contributed by atoms with Crippen LogP contribution in [0.4, 0.5) is 5.00 Å². The SMILES string of the molecule is CCCN(CC(=O)N(C)C)Cc1nnsc1NN. The van der Waals surface area contributed by atoms with E-state index in [9.17, 15) is 4.79 Å². The molecule has 0 aromatic carbocycles. The van der Waals surface area contributed by atoms with E-state index in [1.54, 1.807) is 19.0 Å². The lowest BCUT2D eigenvalue weighted by molar-refractivity contribution is -0.130. The normalized spacial score (nSPS) is 10.7. The Balaban J connectivity index is 2.65. The first-order chi connectivity index (χ1) is 8.58. The fraction of sp³-hybridized carbons (Fsp3) is 0.700. The van der Waals surface area contributed by atoms with E-state index in [1.165, 1.54) is 11.5 Å². The number of hydrogen-bond acceptors (Lipinski definition) is 7. The summed E-state index contributed by atoms with van der Waals surface area (Å²) in [5.74, 6) is 5.46. The molecule has 102 valence electrons. The van der Waals surface area contributed by atoms with Crippen LogP contribution >= 0.6 is 11.5 Å². The summed E-state index contributed by atoms with van der Waals surface area (Å²) in [4.78, 5) is 15.4. The minimum absolute atomic E-state index is 0.0777. The van der Waals surface area contributed by atoms with Crippen molar-refractivity contribution < 1.29 is 4.79 Å². The first-order valence-corrected chi connectivity index (χ1v) is 6.56. The lowest BCUT2D eigenvalue weighted by Gasteiger charge is -2.22. The molecule has 1 rings (SSSR count). The molecule has 0 atom stereocenters. The molecule has 0 aliphatic carbocycles. The quantitative estimate of drug-likeness (QED) is 0.542. The van der Waals surface area contributed by atoms with Crippen LogP contribution in [0.2, 0.25) is 0 Å². The van der Waals surface area contributed by atoms with Gasteiger partial charge in [-0.3, -0.25) is 9.69 Å². The molecule has 0 unspecified atom stereocenters. The van der Waals surface area contributed by atoms with Crippen molar-refractivity contribution in [2.75, 3.05) is 32.6 Å². The molecule has 7 nitrogen and oxygen atoms in total. The Hall–Kier alpha value is -1.25. The van der Waals surface area contributed by atoms with Gasteiger partial charge in [0.15, 0.2) is 0 Å². The molecule has 0 aliphatic heterocycles. The van der Waals surface area contributed by atoms with Crippen LogP contribution in [0.5, 0.6) is 0 Å². The van der Waals surface area contributed by atoms with Crippen LogP contribution < -0.4 is 11.3 Å². The average molecular weight is 272 g/mol. The maximum Gasteiger partial charge on any atom is 0.236 e. The van der Waals surface area contributed by atoms with Crippen LogP contribution in [0.1, 0.15) is 19.0 Å². The van der Waals surface area contributed by atoms with Gasteiger partial charge in [0.05, 0.1) is 6.54 Å². The maximum atomic E-state index is 11.7. The molecule has 3 N–H and O–H groups in total. The number of carbonyl (C=O) groups excluding carboxylic acids is 1. The van der Waals surface area contributed by atoms with Crippen molar-refractivity contribution in [2.45, 2.75) is 19.9 Å². The van der Waals surface area contributed by atoms with Crippen molar-refractivity contribution in [3.63, 3.8) is 0 Å². The number of likely N-dealkylation sites (N-methyl/N-ethyl adjacent to an activating group) is 1. The van der Waals surface area contributed by atoms with E-state index in [0.29, 0.717) is 13.1 Å². The topological polar surface area (TPSA) is 87.4 Å². The molecule has 1 heterocycles. The van der Waals surface area contributed by atoms with Gasteiger partial charge in [-0.15, -0.1) is 5.10 Å². The van der Waals surface area contributed by atoms with Crippen LogP contribution in [0.3, 0.4) is 0 Å². The number of nitrogen functional groups attached to an aromatic ring is 1. The summed E-state index contributed by atoms with van der Waals surface area (Å²) in [6.45, 7) is 3.86. The number of nitrogens with two attached hydrogens (primary N) is 1. The van der Waals surface area contributed by atoms with Gasteiger partial charge in [-0.25, -0.2) is 5.84 Å². The molecule has 0 bridgehead atoms. The van der Waals surface area contributed by atoms with Gasteiger partial charge in [-0.1, -0.05) is 11.4 Å². The van der Waals surface area contributed by atoms with Gasteiger partial charge < -0.3 is 10.3 Å². The monoisotopic (exact) mass is 272 g/mol. The van der Waals surface area contributed by atoms with Gasteiger partial charge in [-0.05, 0) is 13.0 Å². The van der Waals surface area contributed by atoms with Crippen LogP contribution in [-0.2, 0) is 11.3 Å². The van der Waals surface area contributed by atoms with E-state index < -0.39 is 0 Å². The minimum Gasteiger partial charge on any atom is -0.348 e. The van der Waals surface area contributed by atoms with Gasteiger partial charge in [0.1, 0.15) is 10.7 Å². The Morgan fingerprint density at radius 3 is 2.78 bits per heavy atom. The van der Waals surface area contributed by atoms with E-state index in [4.69, 9.17) is 5.84 Å². The molecule has 8 heteroatoms. The van der Waals surface area contributed by atoms with Crippen molar-refractivity contribution in [1.29, 1.82) is 0 Å². The fourth-order valence-corrected chi connectivity index (χ4v) is 1.98. The summed E-state index contributed by atoms with van der Waals surface area (Å²) >= 11 is 1.22. The second-order valence-electron chi connectivity index (χ2n) is 4.19. The number of amides is 1. The Morgan fingerprint density at radius 1 is 1.50 bits per heavy atom. The van der Waals surface area contributed by atoms with Gasteiger partial charge in [0, 0.05) is 32.2 Å². The highest BCUT2D eigenvalue weighted by atomic mass is 32.1. The molecule has 0 spiro atoms. The molecule has 0 radical (unpaired) electrons. The third-order valence-corrected chi connectivity index (χ3v) is 3.16. The summed E-state index contributed by atoms with van der Waals surface area (Å²) in [6.07, 6.45) is 0.976. The van der Waals surface area contributed by atoms with Crippen molar-refractivity contribution in [2.24, 2.45) is 5.84 Å². The zero-order chi connectivity index (χ0) is 13.5. The first-order valence-electron chi connectivity index (χ1n) is 5.78. The summed E-state index contributed by atoms with van der Waals surface area (Å²) in [5.41, 5.74) is 3.35. The Morgan fingerprint density at radius 2 is 2.22 bits per heavy atom. The number of nitrogens with one attached hydrogen (secondary N) is 1. The fourth-order valence-electron chi connectivity index (χ4n) is 1.50. The molecular weight excluding hydrogens is 252 g/mol. The predicted molar refractivity (Wildman–Crippen MR) is 72.0 cm³/mol. The molecule has 1 amide bonds. The second kappa shape index (κ2) is 7.24. The molecule has 1 aromatic rings. The Bertz CT molecular complexity index is 380. The number of hydrazine groups is 1. The van der Waals surface area contributed by atoms with Gasteiger partial charge in [-0.2, -0.15) is 0 Å². The predicted octanol–water partition coefficient (Wildman–Crippen LogP) is 0.124. The zero-order valence-corrected chi connectivity index (χ0v) is 11.8. The Labute approximate surface area is 111 Å². The van der Waals surface area contributed by atoms with Gasteiger partial charge in [0.2, 0.25) is 5.91 Å². The lowest BCUT2D eigenvalue weighted by Crippen LogP contribution is -2.37. The third-order valence-electron chi connectivity index (χ3n) is 2.46. The highest BCUT2D eigenvalue weighted by Crippen LogP contribution is 2.17.